The van der Waals surface area contributed by atoms with Crippen LogP contribution < -0.4 is 4.90 Å². The van der Waals surface area contributed by atoms with Gasteiger partial charge in [0, 0.05) is 35.0 Å². The van der Waals surface area contributed by atoms with Crippen LogP contribution in [0.2, 0.25) is 0 Å². The highest BCUT2D eigenvalue weighted by atomic mass is 32.2. The second kappa shape index (κ2) is 8.15. The zero-order valence-electron chi connectivity index (χ0n) is 17.1. The second-order valence-corrected chi connectivity index (χ2v) is 8.99. The SMILES string of the molecule is CC(c1ccccn1)N(C(=O)CCN1c2ccccc2Sc2ccccc21)C1CC1. The van der Waals surface area contributed by atoms with Gasteiger partial charge in [-0.05, 0) is 56.2 Å². The third kappa shape index (κ3) is 3.70. The average molecular weight is 416 g/mol. The van der Waals surface area contributed by atoms with Crippen LogP contribution in [-0.2, 0) is 4.79 Å². The maximum Gasteiger partial charge on any atom is 0.225 e. The summed E-state index contributed by atoms with van der Waals surface area (Å²) in [7, 11) is 0. The Labute approximate surface area is 181 Å². The Morgan fingerprint density at radius 1 is 1.03 bits per heavy atom. The Bertz CT molecular complexity index is 1010. The number of anilines is 2. The molecule has 3 aromatic rings. The molecule has 1 saturated carbocycles. The Morgan fingerprint density at radius 2 is 1.67 bits per heavy atom. The van der Waals surface area contributed by atoms with Gasteiger partial charge in [-0.1, -0.05) is 42.1 Å². The van der Waals surface area contributed by atoms with E-state index in [1.54, 1.807) is 18.0 Å². The van der Waals surface area contributed by atoms with Crippen LogP contribution >= 0.6 is 11.8 Å². The van der Waals surface area contributed by atoms with Gasteiger partial charge in [0.25, 0.3) is 0 Å². The van der Waals surface area contributed by atoms with E-state index < -0.39 is 0 Å². The van der Waals surface area contributed by atoms with Gasteiger partial charge in [-0.15, -0.1) is 0 Å². The Kier molecular flexibility index (Phi) is 5.21. The van der Waals surface area contributed by atoms with Crippen molar-refractivity contribution in [1.29, 1.82) is 0 Å². The normalized spacial score (nSPS) is 15.8. The van der Waals surface area contributed by atoms with Gasteiger partial charge >= 0.3 is 0 Å². The Balaban J connectivity index is 1.37. The molecule has 1 aromatic heterocycles. The molecule has 1 unspecified atom stereocenters. The molecule has 4 nitrogen and oxygen atoms in total. The summed E-state index contributed by atoms with van der Waals surface area (Å²) in [6, 6.07) is 23.2. The lowest BCUT2D eigenvalue weighted by Crippen LogP contribution is -2.37. The van der Waals surface area contributed by atoms with Crippen LogP contribution in [0, 0.1) is 0 Å². The molecule has 5 heteroatoms. The fraction of sp³-hybridized carbons (Fsp3) is 0.280. The van der Waals surface area contributed by atoms with E-state index in [-0.39, 0.29) is 11.9 Å². The zero-order chi connectivity index (χ0) is 20.5. The van der Waals surface area contributed by atoms with Gasteiger partial charge in [0.1, 0.15) is 0 Å². The van der Waals surface area contributed by atoms with E-state index in [2.05, 4.69) is 70.2 Å². The maximum atomic E-state index is 13.4. The number of benzene rings is 2. The quantitative estimate of drug-likeness (QED) is 0.508. The highest BCUT2D eigenvalue weighted by Crippen LogP contribution is 2.47. The third-order valence-corrected chi connectivity index (χ3v) is 6.97. The lowest BCUT2D eigenvalue weighted by molar-refractivity contribution is -0.133. The van der Waals surface area contributed by atoms with Crippen molar-refractivity contribution in [3.8, 4) is 0 Å². The van der Waals surface area contributed by atoms with Crippen LogP contribution in [0.5, 0.6) is 0 Å². The van der Waals surface area contributed by atoms with Gasteiger partial charge < -0.3 is 9.80 Å². The molecule has 2 aliphatic rings. The summed E-state index contributed by atoms with van der Waals surface area (Å²) in [6.45, 7) is 2.77. The van der Waals surface area contributed by atoms with Crippen molar-refractivity contribution >= 4 is 29.0 Å². The minimum atomic E-state index is 0.00249. The first-order chi connectivity index (χ1) is 14.7. The van der Waals surface area contributed by atoms with Gasteiger partial charge in [-0.3, -0.25) is 9.78 Å². The Morgan fingerprint density at radius 3 is 2.27 bits per heavy atom. The number of para-hydroxylation sites is 2. The van der Waals surface area contributed by atoms with Gasteiger partial charge in [0.15, 0.2) is 0 Å². The molecule has 0 bridgehead atoms. The number of rotatable bonds is 6. The van der Waals surface area contributed by atoms with Crippen LogP contribution in [0.4, 0.5) is 11.4 Å². The average Bonchev–Trinajstić information content (AvgIpc) is 3.62. The number of fused-ring (bicyclic) bond motifs is 2. The molecule has 2 aromatic carbocycles. The summed E-state index contributed by atoms with van der Waals surface area (Å²) < 4.78 is 0. The summed E-state index contributed by atoms with van der Waals surface area (Å²) in [5.74, 6) is 0.212. The first-order valence-corrected chi connectivity index (χ1v) is 11.4. The molecule has 1 atom stereocenters. The van der Waals surface area contributed by atoms with Crippen molar-refractivity contribution in [3.05, 3.63) is 78.6 Å². The Hall–Kier alpha value is -2.79. The summed E-state index contributed by atoms with van der Waals surface area (Å²) in [5, 5.41) is 0. The van der Waals surface area contributed by atoms with E-state index in [1.165, 1.54) is 21.2 Å². The van der Waals surface area contributed by atoms with Crippen molar-refractivity contribution < 1.29 is 4.79 Å². The second-order valence-electron chi connectivity index (χ2n) is 7.90. The van der Waals surface area contributed by atoms with E-state index in [1.807, 2.05) is 18.2 Å². The summed E-state index contributed by atoms with van der Waals surface area (Å²) in [4.78, 5) is 24.7. The largest absolute Gasteiger partial charge is 0.339 e. The standard InChI is InChI=1S/C25H25N3OS/c1-18(20-8-6-7-16-26-20)28(19-13-14-19)25(29)15-17-27-21-9-2-4-11-23(21)30-24-12-5-3-10-22(24)27/h2-12,16,18-19H,13-15,17H2,1H3. The zero-order valence-corrected chi connectivity index (χ0v) is 17.9. The van der Waals surface area contributed by atoms with Gasteiger partial charge in [0.05, 0.1) is 23.1 Å². The smallest absolute Gasteiger partial charge is 0.225 e. The molecule has 2 heterocycles. The molecule has 152 valence electrons. The van der Waals surface area contributed by atoms with E-state index in [4.69, 9.17) is 0 Å². The first-order valence-electron chi connectivity index (χ1n) is 10.6. The summed E-state index contributed by atoms with van der Waals surface area (Å²) >= 11 is 1.80. The number of amides is 1. The van der Waals surface area contributed by atoms with Crippen LogP contribution in [0.25, 0.3) is 0 Å². The maximum absolute atomic E-state index is 13.4. The molecule has 0 radical (unpaired) electrons. The van der Waals surface area contributed by atoms with Crippen LogP contribution in [-0.4, -0.2) is 28.4 Å². The molecule has 0 N–H and O–H groups in total. The lowest BCUT2D eigenvalue weighted by atomic mass is 10.1. The summed E-state index contributed by atoms with van der Waals surface area (Å²) in [5.41, 5.74) is 3.33. The lowest BCUT2D eigenvalue weighted by Gasteiger charge is -2.34. The molecule has 0 saturated heterocycles. The highest BCUT2D eigenvalue weighted by molar-refractivity contribution is 7.99. The predicted molar refractivity (Wildman–Crippen MR) is 121 cm³/mol. The first kappa shape index (κ1) is 19.2. The number of aromatic nitrogens is 1. The molecule has 1 fully saturated rings. The highest BCUT2D eigenvalue weighted by Gasteiger charge is 2.36. The van der Waals surface area contributed by atoms with Crippen LogP contribution in [0.3, 0.4) is 0 Å². The van der Waals surface area contributed by atoms with E-state index >= 15 is 0 Å². The van der Waals surface area contributed by atoms with E-state index in [9.17, 15) is 4.79 Å². The third-order valence-electron chi connectivity index (χ3n) is 5.84. The molecule has 1 amide bonds. The van der Waals surface area contributed by atoms with Gasteiger partial charge in [0.2, 0.25) is 5.91 Å². The monoisotopic (exact) mass is 415 g/mol. The molecule has 0 spiro atoms. The van der Waals surface area contributed by atoms with Crippen molar-refractivity contribution in [3.63, 3.8) is 0 Å². The molecular formula is C25H25N3OS. The number of carbonyl (C=O) groups excluding carboxylic acids is 1. The molecule has 30 heavy (non-hydrogen) atoms. The minimum Gasteiger partial charge on any atom is -0.339 e. The molecular weight excluding hydrogens is 390 g/mol. The molecule has 5 rings (SSSR count). The molecule has 1 aliphatic heterocycles. The number of pyridine rings is 1. The van der Waals surface area contributed by atoms with Crippen molar-refractivity contribution in [2.24, 2.45) is 0 Å². The fourth-order valence-corrected chi connectivity index (χ4v) is 5.31. The van der Waals surface area contributed by atoms with Crippen molar-refractivity contribution in [2.45, 2.75) is 48.1 Å². The molecule has 1 aliphatic carbocycles. The number of nitrogens with zero attached hydrogens (tertiary/aromatic N) is 3. The van der Waals surface area contributed by atoms with Crippen molar-refractivity contribution in [1.82, 2.24) is 9.88 Å². The van der Waals surface area contributed by atoms with Crippen molar-refractivity contribution in [2.75, 3.05) is 11.4 Å². The van der Waals surface area contributed by atoms with Gasteiger partial charge in [-0.2, -0.15) is 0 Å². The number of hydrogen-bond donors (Lipinski definition) is 0. The number of hydrogen-bond acceptors (Lipinski definition) is 4. The van der Waals surface area contributed by atoms with E-state index in [0.29, 0.717) is 19.0 Å². The number of carbonyl (C=O) groups is 1. The van der Waals surface area contributed by atoms with Crippen LogP contribution in [0.15, 0.2) is 82.7 Å². The topological polar surface area (TPSA) is 36.4 Å². The summed E-state index contributed by atoms with van der Waals surface area (Å²) in [6.07, 6.45) is 4.48. The fourth-order valence-electron chi connectivity index (χ4n) is 4.21. The minimum absolute atomic E-state index is 0.00249. The van der Waals surface area contributed by atoms with E-state index in [0.717, 1.165) is 18.5 Å². The van der Waals surface area contributed by atoms with Crippen LogP contribution in [0.1, 0.15) is 37.9 Å². The van der Waals surface area contributed by atoms with Gasteiger partial charge in [-0.25, -0.2) is 0 Å². The predicted octanol–water partition coefficient (Wildman–Crippen LogP) is 5.83.